The zero-order valence-electron chi connectivity index (χ0n) is 10.1. The first-order valence-electron chi connectivity index (χ1n) is 4.96. The summed E-state index contributed by atoms with van der Waals surface area (Å²) in [5, 5.41) is 53.7. The fraction of sp³-hybridized carbons (Fsp3) is 0.143. The number of benzene rings is 1. The number of nitrogens with zero attached hydrogens (tertiary/aromatic N) is 5. The maximum absolute atomic E-state index is 10.8. The van der Waals surface area contributed by atoms with Gasteiger partial charge in [0.2, 0.25) is 0 Å². The summed E-state index contributed by atoms with van der Waals surface area (Å²) in [6.07, 6.45) is -3.01. The van der Waals surface area contributed by atoms with E-state index in [4.69, 9.17) is 0 Å². The monoisotopic (exact) mass is 317 g/mol. The normalized spacial score (nSPS) is 10.2. The van der Waals surface area contributed by atoms with Crippen LogP contribution in [0.1, 0.15) is 11.7 Å². The number of nitro benzene ring substituents is 3. The zero-order chi connectivity index (χ0) is 17.2. The van der Waals surface area contributed by atoms with Crippen molar-refractivity contribution in [2.45, 2.75) is 6.17 Å². The van der Waals surface area contributed by atoms with Crippen LogP contribution < -0.4 is 0 Å². The minimum atomic E-state index is -3.01. The number of hydrogen-bond acceptors (Lipinski definition) is 10. The van der Waals surface area contributed by atoms with E-state index in [-0.39, 0.29) is 12.1 Å². The van der Waals surface area contributed by atoms with Crippen molar-refractivity contribution >= 4 is 17.1 Å². The van der Waals surface area contributed by atoms with Crippen LogP contribution in [0.5, 0.6) is 0 Å². The first-order valence-corrected chi connectivity index (χ1v) is 4.96. The van der Waals surface area contributed by atoms with Crippen LogP contribution in [0, 0.1) is 50.6 Å². The molecule has 0 aliphatic rings. The van der Waals surface area contributed by atoms with Crippen molar-refractivity contribution in [1.29, 1.82) is 0 Å². The third-order valence-electron chi connectivity index (χ3n) is 2.38. The fourth-order valence-electron chi connectivity index (χ4n) is 1.57. The van der Waals surface area contributed by atoms with E-state index in [1.807, 2.05) is 0 Å². The minimum absolute atomic E-state index is 0.183. The second-order valence-electron chi connectivity index (χ2n) is 3.61. The van der Waals surface area contributed by atoms with Gasteiger partial charge in [0.25, 0.3) is 11.3 Å². The molecule has 0 bridgehead atoms. The molecule has 0 fully saturated rings. The lowest BCUT2D eigenvalue weighted by atomic mass is 10.1. The maximum atomic E-state index is 10.8. The fourth-order valence-corrected chi connectivity index (χ4v) is 1.57. The molecule has 0 aliphatic heterocycles. The molecule has 1 aromatic carbocycles. The van der Waals surface area contributed by atoms with E-state index in [0.717, 1.165) is 0 Å². The van der Waals surface area contributed by atoms with Crippen molar-refractivity contribution in [3.63, 3.8) is 0 Å². The minimum Gasteiger partial charge on any atom is -0.258 e. The highest BCUT2D eigenvalue weighted by atomic mass is 16.7. The number of hydrogen-bond donors (Lipinski definition) is 0. The first kappa shape index (κ1) is 16.3. The second-order valence-corrected chi connectivity index (χ2v) is 3.61. The van der Waals surface area contributed by atoms with Crippen LogP contribution in [-0.4, -0.2) is 24.6 Å². The van der Waals surface area contributed by atoms with Gasteiger partial charge in [0.1, 0.15) is 9.85 Å². The van der Waals surface area contributed by atoms with Gasteiger partial charge in [-0.1, -0.05) is 0 Å². The van der Waals surface area contributed by atoms with Gasteiger partial charge in [-0.15, -0.1) is 0 Å². The summed E-state index contributed by atoms with van der Waals surface area (Å²) in [6, 6.07) is 0.366. The van der Waals surface area contributed by atoms with Crippen molar-refractivity contribution < 1.29 is 24.6 Å². The quantitative estimate of drug-likeness (QED) is 0.411. The summed E-state index contributed by atoms with van der Waals surface area (Å²) in [5.74, 6) is 0. The van der Waals surface area contributed by atoms with Crippen molar-refractivity contribution in [2.24, 2.45) is 0 Å². The van der Waals surface area contributed by atoms with E-state index in [2.05, 4.69) is 0 Å². The Morgan fingerprint density at radius 2 is 1.05 bits per heavy atom. The van der Waals surface area contributed by atoms with Crippen molar-refractivity contribution in [2.75, 3.05) is 0 Å². The standard InChI is InChI=1S/C7H3N5O10/c13-8(14)3-1-4(9(15)16)6(5(2-3)10(17)18)7(11(19)20)12(21)22/h1-2,7H. The van der Waals surface area contributed by atoms with E-state index in [0.29, 0.717) is 0 Å². The molecule has 0 spiro atoms. The summed E-state index contributed by atoms with van der Waals surface area (Å²) in [7, 11) is 0. The van der Waals surface area contributed by atoms with Crippen LogP contribution in [0.25, 0.3) is 0 Å². The van der Waals surface area contributed by atoms with Crippen LogP contribution in [0.2, 0.25) is 0 Å². The molecule has 0 atom stereocenters. The maximum Gasteiger partial charge on any atom is 0.490 e. The predicted molar refractivity (Wildman–Crippen MR) is 63.1 cm³/mol. The lowest BCUT2D eigenvalue weighted by molar-refractivity contribution is -0.753. The summed E-state index contributed by atoms with van der Waals surface area (Å²) in [5.41, 5.74) is -5.47. The van der Waals surface area contributed by atoms with Gasteiger partial charge in [0.05, 0.1) is 26.9 Å². The molecule has 0 amide bonds. The van der Waals surface area contributed by atoms with Gasteiger partial charge in [0, 0.05) is 0 Å². The van der Waals surface area contributed by atoms with E-state index in [1.54, 1.807) is 0 Å². The van der Waals surface area contributed by atoms with Gasteiger partial charge in [-0.2, -0.15) is 0 Å². The average molecular weight is 317 g/mol. The average Bonchev–Trinajstić information content (AvgIpc) is 2.36. The molecule has 1 rings (SSSR count). The van der Waals surface area contributed by atoms with Crippen molar-refractivity contribution in [3.05, 3.63) is 68.3 Å². The van der Waals surface area contributed by atoms with Gasteiger partial charge in [-0.05, 0) is 0 Å². The number of non-ortho nitro benzene ring substituents is 1. The first-order chi connectivity index (χ1) is 10.1. The zero-order valence-corrected chi connectivity index (χ0v) is 10.1. The molecule has 0 radical (unpaired) electrons. The molecule has 0 N–H and O–H groups in total. The highest BCUT2D eigenvalue weighted by Gasteiger charge is 2.49. The highest BCUT2D eigenvalue weighted by molar-refractivity contribution is 5.61. The Morgan fingerprint density at radius 1 is 0.682 bits per heavy atom. The third-order valence-corrected chi connectivity index (χ3v) is 2.38. The Balaban J connectivity index is 3.90. The van der Waals surface area contributed by atoms with Gasteiger partial charge < -0.3 is 0 Å². The molecule has 0 saturated carbocycles. The molecule has 0 heterocycles. The predicted octanol–water partition coefficient (Wildman–Crippen LogP) is 0.963. The van der Waals surface area contributed by atoms with Gasteiger partial charge >= 0.3 is 17.5 Å². The molecule has 116 valence electrons. The van der Waals surface area contributed by atoms with Crippen LogP contribution in [0.15, 0.2) is 12.1 Å². The van der Waals surface area contributed by atoms with E-state index in [9.17, 15) is 50.6 Å². The number of rotatable bonds is 6. The van der Waals surface area contributed by atoms with Crippen LogP contribution in [0.3, 0.4) is 0 Å². The Kier molecular flexibility index (Phi) is 4.21. The topological polar surface area (TPSA) is 216 Å². The van der Waals surface area contributed by atoms with Gasteiger partial charge in [-0.25, -0.2) is 0 Å². The van der Waals surface area contributed by atoms with Crippen LogP contribution in [-0.2, 0) is 0 Å². The summed E-state index contributed by atoms with van der Waals surface area (Å²) in [4.78, 5) is 46.5. The van der Waals surface area contributed by atoms with E-state index in [1.165, 1.54) is 0 Å². The van der Waals surface area contributed by atoms with Crippen molar-refractivity contribution in [3.8, 4) is 0 Å². The molecule has 0 saturated heterocycles. The molecule has 0 unspecified atom stereocenters. The summed E-state index contributed by atoms with van der Waals surface area (Å²) < 4.78 is 0. The molecule has 0 aromatic heterocycles. The van der Waals surface area contributed by atoms with Gasteiger partial charge in [-0.3, -0.25) is 50.6 Å². The molecule has 1 aromatic rings. The number of nitro groups is 5. The van der Waals surface area contributed by atoms with Gasteiger partial charge in [0.15, 0.2) is 0 Å². The lowest BCUT2D eigenvalue weighted by Crippen LogP contribution is -2.22. The Hall–Kier alpha value is -3.78. The highest BCUT2D eigenvalue weighted by Crippen LogP contribution is 2.39. The lowest BCUT2D eigenvalue weighted by Gasteiger charge is -2.04. The SMILES string of the molecule is O=[N+]([O-])c1cc([N+](=O)[O-])c(C([N+](=O)[O-])[N+](=O)[O-])c([N+](=O)[O-])c1. The molecular formula is C7H3N5O10. The second kappa shape index (κ2) is 5.69. The third kappa shape index (κ3) is 2.86. The molecule has 15 heteroatoms. The molecule has 0 aliphatic carbocycles. The largest absolute Gasteiger partial charge is 0.490 e. The van der Waals surface area contributed by atoms with Crippen LogP contribution in [0.4, 0.5) is 17.1 Å². The molecular weight excluding hydrogens is 314 g/mol. The summed E-state index contributed by atoms with van der Waals surface area (Å²) in [6.45, 7) is 0. The van der Waals surface area contributed by atoms with Crippen molar-refractivity contribution in [1.82, 2.24) is 0 Å². The van der Waals surface area contributed by atoms with E-state index >= 15 is 0 Å². The molecule has 22 heavy (non-hydrogen) atoms. The Morgan fingerprint density at radius 3 is 1.27 bits per heavy atom. The Labute approximate surface area is 117 Å². The Bertz CT molecular complexity index is 665. The summed E-state index contributed by atoms with van der Waals surface area (Å²) >= 11 is 0. The van der Waals surface area contributed by atoms with Crippen LogP contribution >= 0.6 is 0 Å². The smallest absolute Gasteiger partial charge is 0.258 e. The van der Waals surface area contributed by atoms with E-state index < -0.39 is 53.4 Å². The molecule has 15 nitrogen and oxygen atoms in total.